The van der Waals surface area contributed by atoms with Crippen molar-refractivity contribution < 1.29 is 4.79 Å². The molecular weight excluding hydrogens is 272 g/mol. The van der Waals surface area contributed by atoms with E-state index in [0.717, 1.165) is 39.0 Å². The second-order valence-corrected chi connectivity index (χ2v) is 6.19. The van der Waals surface area contributed by atoms with Crippen molar-refractivity contribution in [1.82, 2.24) is 9.80 Å². The molecule has 118 valence electrons. The molecule has 1 aliphatic heterocycles. The van der Waals surface area contributed by atoms with Gasteiger partial charge >= 0.3 is 0 Å². The molecule has 0 aliphatic carbocycles. The summed E-state index contributed by atoms with van der Waals surface area (Å²) in [6, 6.07) is 10.5. The van der Waals surface area contributed by atoms with Crippen LogP contribution in [0.3, 0.4) is 0 Å². The molecule has 1 atom stereocenters. The van der Waals surface area contributed by atoms with Crippen LogP contribution in [0.5, 0.6) is 0 Å². The Morgan fingerprint density at radius 2 is 1.91 bits per heavy atom. The average Bonchev–Trinajstić information content (AvgIpc) is 2.55. The summed E-state index contributed by atoms with van der Waals surface area (Å²) < 4.78 is 0. The smallest absolute Gasteiger partial charge is 0.222 e. The number of benzene rings is 1. The molecule has 2 rings (SSSR count). The van der Waals surface area contributed by atoms with Crippen molar-refractivity contribution in [2.45, 2.75) is 26.2 Å². The van der Waals surface area contributed by atoms with Gasteiger partial charge in [-0.1, -0.05) is 43.2 Å². The van der Waals surface area contributed by atoms with Crippen LogP contribution in [0.15, 0.2) is 30.3 Å². The van der Waals surface area contributed by atoms with E-state index in [2.05, 4.69) is 42.0 Å². The largest absolute Gasteiger partial charge is 0.340 e. The van der Waals surface area contributed by atoms with Gasteiger partial charge in [0.05, 0.1) is 6.54 Å². The maximum atomic E-state index is 12.4. The molecule has 1 aromatic carbocycles. The zero-order valence-electron chi connectivity index (χ0n) is 13.5. The number of carbonyl (C=O) groups is 1. The zero-order chi connectivity index (χ0) is 15.8. The van der Waals surface area contributed by atoms with Crippen LogP contribution < -0.4 is 0 Å². The number of nitrogens with zero attached hydrogens (tertiary/aromatic N) is 2. The highest BCUT2D eigenvalue weighted by Crippen LogP contribution is 2.15. The van der Waals surface area contributed by atoms with E-state index in [1.807, 2.05) is 11.0 Å². The Balaban J connectivity index is 1.69. The molecular formula is C19H26N2O. The van der Waals surface area contributed by atoms with Gasteiger partial charge in [-0.3, -0.25) is 9.69 Å². The predicted molar refractivity (Wildman–Crippen MR) is 90.4 cm³/mol. The lowest BCUT2D eigenvalue weighted by molar-refractivity contribution is -0.133. The Morgan fingerprint density at radius 3 is 2.55 bits per heavy atom. The van der Waals surface area contributed by atoms with Gasteiger partial charge in [0.2, 0.25) is 5.91 Å². The van der Waals surface area contributed by atoms with Crippen LogP contribution in [0.1, 0.15) is 25.3 Å². The Kier molecular flexibility index (Phi) is 6.48. The molecule has 0 aromatic heterocycles. The highest BCUT2D eigenvalue weighted by Gasteiger charge is 2.21. The van der Waals surface area contributed by atoms with Gasteiger partial charge in [-0.25, -0.2) is 0 Å². The number of terminal acetylenes is 1. The lowest BCUT2D eigenvalue weighted by Gasteiger charge is -2.34. The number of hydrogen-bond donors (Lipinski definition) is 0. The minimum absolute atomic E-state index is 0.293. The lowest BCUT2D eigenvalue weighted by Crippen LogP contribution is -2.48. The van der Waals surface area contributed by atoms with Crippen molar-refractivity contribution in [3.05, 3.63) is 35.9 Å². The molecule has 22 heavy (non-hydrogen) atoms. The van der Waals surface area contributed by atoms with Crippen molar-refractivity contribution in [2.24, 2.45) is 5.92 Å². The van der Waals surface area contributed by atoms with Crippen molar-refractivity contribution in [3.63, 3.8) is 0 Å². The van der Waals surface area contributed by atoms with Crippen LogP contribution in [0.2, 0.25) is 0 Å². The van der Waals surface area contributed by atoms with E-state index < -0.39 is 0 Å². The van der Waals surface area contributed by atoms with Crippen molar-refractivity contribution in [3.8, 4) is 12.3 Å². The molecule has 0 radical (unpaired) electrons. The van der Waals surface area contributed by atoms with E-state index >= 15 is 0 Å². The van der Waals surface area contributed by atoms with Gasteiger partial charge in [-0.2, -0.15) is 0 Å². The Morgan fingerprint density at radius 1 is 1.23 bits per heavy atom. The lowest BCUT2D eigenvalue weighted by atomic mass is 9.97. The topological polar surface area (TPSA) is 23.6 Å². The van der Waals surface area contributed by atoms with Crippen LogP contribution in [-0.2, 0) is 11.2 Å². The average molecular weight is 298 g/mol. The Labute approximate surface area is 134 Å². The van der Waals surface area contributed by atoms with Gasteiger partial charge in [0, 0.05) is 32.6 Å². The van der Waals surface area contributed by atoms with Gasteiger partial charge < -0.3 is 4.90 Å². The monoisotopic (exact) mass is 298 g/mol. The maximum absolute atomic E-state index is 12.4. The summed E-state index contributed by atoms with van der Waals surface area (Å²) in [5, 5.41) is 0. The van der Waals surface area contributed by atoms with Gasteiger partial charge in [-0.15, -0.1) is 6.42 Å². The summed E-state index contributed by atoms with van der Waals surface area (Å²) in [5.74, 6) is 3.39. The molecule has 1 saturated heterocycles. The number of piperazine rings is 1. The van der Waals surface area contributed by atoms with E-state index in [9.17, 15) is 4.79 Å². The van der Waals surface area contributed by atoms with E-state index in [1.165, 1.54) is 5.56 Å². The van der Waals surface area contributed by atoms with E-state index in [4.69, 9.17) is 6.42 Å². The number of aryl methyl sites for hydroxylation is 1. The maximum Gasteiger partial charge on any atom is 0.222 e. The van der Waals surface area contributed by atoms with Gasteiger partial charge in [0.1, 0.15) is 0 Å². The second kappa shape index (κ2) is 8.60. The third kappa shape index (κ3) is 5.20. The molecule has 1 heterocycles. The molecule has 3 nitrogen and oxygen atoms in total. The first kappa shape index (κ1) is 16.6. The fourth-order valence-corrected chi connectivity index (χ4v) is 2.87. The van der Waals surface area contributed by atoms with Crippen LogP contribution in [0.25, 0.3) is 0 Å². The number of hydrogen-bond acceptors (Lipinski definition) is 2. The summed E-state index contributed by atoms with van der Waals surface area (Å²) in [6.45, 7) is 6.28. The number of amides is 1. The first-order valence-corrected chi connectivity index (χ1v) is 8.16. The molecule has 1 fully saturated rings. The summed E-state index contributed by atoms with van der Waals surface area (Å²) in [7, 11) is 0. The first-order valence-electron chi connectivity index (χ1n) is 8.16. The molecule has 1 unspecified atom stereocenters. The minimum atomic E-state index is 0.293. The highest BCUT2D eigenvalue weighted by molar-refractivity contribution is 5.76. The first-order chi connectivity index (χ1) is 10.7. The SMILES string of the molecule is C#CCN1CCN(C(=O)CC(C)CCc2ccccc2)CC1. The molecule has 3 heteroatoms. The molecule has 1 aromatic rings. The van der Waals surface area contributed by atoms with Crippen LogP contribution >= 0.6 is 0 Å². The van der Waals surface area contributed by atoms with Gasteiger partial charge in [-0.05, 0) is 24.3 Å². The van der Waals surface area contributed by atoms with E-state index in [-0.39, 0.29) is 0 Å². The Bertz CT molecular complexity index is 498. The summed E-state index contributed by atoms with van der Waals surface area (Å²) in [6.07, 6.45) is 8.09. The third-order valence-corrected chi connectivity index (χ3v) is 4.33. The highest BCUT2D eigenvalue weighted by atomic mass is 16.2. The fraction of sp³-hybridized carbons (Fsp3) is 0.526. The summed E-state index contributed by atoms with van der Waals surface area (Å²) in [4.78, 5) is 16.6. The minimum Gasteiger partial charge on any atom is -0.340 e. The second-order valence-electron chi connectivity index (χ2n) is 6.19. The molecule has 0 bridgehead atoms. The Hall–Kier alpha value is -1.79. The number of rotatable bonds is 6. The van der Waals surface area contributed by atoms with E-state index in [1.54, 1.807) is 0 Å². The van der Waals surface area contributed by atoms with Crippen LogP contribution in [-0.4, -0.2) is 48.4 Å². The molecule has 1 aliphatic rings. The number of carbonyl (C=O) groups excluding carboxylic acids is 1. The van der Waals surface area contributed by atoms with Crippen molar-refractivity contribution in [1.29, 1.82) is 0 Å². The third-order valence-electron chi connectivity index (χ3n) is 4.33. The quantitative estimate of drug-likeness (QED) is 0.753. The summed E-state index contributed by atoms with van der Waals surface area (Å²) >= 11 is 0. The normalized spacial score (nSPS) is 17.0. The van der Waals surface area contributed by atoms with Gasteiger partial charge in [0.15, 0.2) is 0 Å². The van der Waals surface area contributed by atoms with Gasteiger partial charge in [0.25, 0.3) is 0 Å². The molecule has 0 saturated carbocycles. The molecule has 1 amide bonds. The zero-order valence-corrected chi connectivity index (χ0v) is 13.5. The molecule has 0 N–H and O–H groups in total. The molecule has 0 spiro atoms. The standard InChI is InChI=1S/C19H26N2O/c1-3-11-20-12-14-21(15-13-20)19(22)16-17(2)9-10-18-7-5-4-6-8-18/h1,4-8,17H,9-16H2,2H3. The van der Waals surface area contributed by atoms with Crippen molar-refractivity contribution in [2.75, 3.05) is 32.7 Å². The van der Waals surface area contributed by atoms with Crippen molar-refractivity contribution >= 4 is 5.91 Å². The van der Waals surface area contributed by atoms with E-state index in [0.29, 0.717) is 24.8 Å². The predicted octanol–water partition coefficient (Wildman–Crippen LogP) is 2.42. The summed E-state index contributed by atoms with van der Waals surface area (Å²) in [5.41, 5.74) is 1.35. The van der Waals surface area contributed by atoms with Crippen LogP contribution in [0, 0.1) is 18.3 Å². The van der Waals surface area contributed by atoms with Crippen LogP contribution in [0.4, 0.5) is 0 Å². The fourth-order valence-electron chi connectivity index (χ4n) is 2.87.